The lowest BCUT2D eigenvalue weighted by molar-refractivity contribution is 0.0436. The summed E-state index contributed by atoms with van der Waals surface area (Å²) in [7, 11) is 1.95. The van der Waals surface area contributed by atoms with Crippen LogP contribution in [0.4, 0.5) is 0 Å². The Balaban J connectivity index is 2.16. The van der Waals surface area contributed by atoms with E-state index in [-0.39, 0.29) is 17.4 Å². The smallest absolute Gasteiger partial charge is 0.0628 e. The molecule has 0 bridgehead atoms. The van der Waals surface area contributed by atoms with Crippen LogP contribution in [0.1, 0.15) is 44.7 Å². The maximum atomic E-state index is 10.2. The predicted octanol–water partition coefficient (Wildman–Crippen LogP) is 2.07. The third-order valence-electron chi connectivity index (χ3n) is 3.60. The van der Waals surface area contributed by atoms with E-state index in [1.165, 1.54) is 6.42 Å². The maximum Gasteiger partial charge on any atom is 0.0628 e. The van der Waals surface area contributed by atoms with Gasteiger partial charge in [-0.15, -0.1) is 0 Å². The van der Waals surface area contributed by atoms with E-state index in [2.05, 4.69) is 18.9 Å². The van der Waals surface area contributed by atoms with Gasteiger partial charge in [0.15, 0.2) is 0 Å². The summed E-state index contributed by atoms with van der Waals surface area (Å²) < 4.78 is 1.88. The van der Waals surface area contributed by atoms with E-state index in [9.17, 15) is 5.11 Å². The largest absolute Gasteiger partial charge is 0.392 e. The lowest BCUT2D eigenvalue weighted by atomic mass is 9.70. The fourth-order valence-electron chi connectivity index (χ4n) is 2.64. The van der Waals surface area contributed by atoms with Gasteiger partial charge in [-0.1, -0.05) is 13.8 Å². The summed E-state index contributed by atoms with van der Waals surface area (Å²) in [4.78, 5) is 0. The summed E-state index contributed by atoms with van der Waals surface area (Å²) in [5, 5.41) is 14.3. The number of hydrogen-bond acceptors (Lipinski definition) is 2. The van der Waals surface area contributed by atoms with Crippen LogP contribution in [0.15, 0.2) is 12.3 Å². The summed E-state index contributed by atoms with van der Waals surface area (Å²) in [5.74, 6) is 0.269. The van der Waals surface area contributed by atoms with Crippen LogP contribution >= 0.6 is 0 Å². The third kappa shape index (κ3) is 2.07. The molecule has 0 aromatic carbocycles. The molecular formula is C12H20N2O. The van der Waals surface area contributed by atoms with Crippen LogP contribution < -0.4 is 0 Å². The van der Waals surface area contributed by atoms with Crippen LogP contribution in [0.2, 0.25) is 0 Å². The molecule has 84 valence electrons. The summed E-state index contributed by atoms with van der Waals surface area (Å²) >= 11 is 0. The zero-order valence-electron chi connectivity index (χ0n) is 9.77. The van der Waals surface area contributed by atoms with Crippen molar-refractivity contribution in [2.24, 2.45) is 12.5 Å². The molecule has 1 aromatic heterocycles. The zero-order chi connectivity index (χ0) is 11.1. The molecule has 1 heterocycles. The van der Waals surface area contributed by atoms with Crippen molar-refractivity contribution in [3.05, 3.63) is 18.0 Å². The Morgan fingerprint density at radius 3 is 2.80 bits per heavy atom. The minimum Gasteiger partial charge on any atom is -0.392 e. The number of aryl methyl sites for hydroxylation is 1. The molecule has 2 atom stereocenters. The molecule has 0 aliphatic heterocycles. The summed E-state index contributed by atoms with van der Waals surface area (Å²) in [6.45, 7) is 4.46. The normalized spacial score (nSPS) is 30.4. The van der Waals surface area contributed by atoms with Crippen molar-refractivity contribution >= 4 is 0 Å². The Labute approximate surface area is 91.1 Å². The molecule has 1 saturated carbocycles. The highest BCUT2D eigenvalue weighted by molar-refractivity contribution is 5.11. The van der Waals surface area contributed by atoms with Crippen LogP contribution in [0.25, 0.3) is 0 Å². The highest BCUT2D eigenvalue weighted by atomic mass is 16.3. The fraction of sp³-hybridized carbons (Fsp3) is 0.750. The number of aliphatic hydroxyl groups excluding tert-OH is 1. The fourth-order valence-corrected chi connectivity index (χ4v) is 2.64. The maximum absolute atomic E-state index is 10.2. The molecule has 0 saturated heterocycles. The molecule has 0 radical (unpaired) electrons. The highest BCUT2D eigenvalue weighted by Crippen LogP contribution is 2.42. The number of nitrogens with zero attached hydrogens (tertiary/aromatic N) is 2. The van der Waals surface area contributed by atoms with Crippen LogP contribution in [0, 0.1) is 5.41 Å². The standard InChI is InChI=1S/C12H20N2O/c1-12(2)6-4-9(11(15)8-12)10-5-7-13-14(10)3/h5,7,9,11,15H,4,6,8H2,1-3H3. The van der Waals surface area contributed by atoms with E-state index < -0.39 is 0 Å². The molecule has 1 aliphatic carbocycles. The molecule has 3 nitrogen and oxygen atoms in total. The minimum atomic E-state index is -0.218. The molecule has 1 N–H and O–H groups in total. The Hall–Kier alpha value is -0.830. The van der Waals surface area contributed by atoms with Crippen LogP contribution in [-0.4, -0.2) is 21.0 Å². The Morgan fingerprint density at radius 1 is 1.53 bits per heavy atom. The molecule has 1 fully saturated rings. The number of hydrogen-bond donors (Lipinski definition) is 1. The summed E-state index contributed by atoms with van der Waals surface area (Å²) in [5.41, 5.74) is 1.45. The Kier molecular flexibility index (Phi) is 2.59. The average molecular weight is 208 g/mol. The monoisotopic (exact) mass is 208 g/mol. The van der Waals surface area contributed by atoms with Gasteiger partial charge in [0.2, 0.25) is 0 Å². The Bertz CT molecular complexity index is 343. The highest BCUT2D eigenvalue weighted by Gasteiger charge is 2.35. The van der Waals surface area contributed by atoms with Gasteiger partial charge in [-0.25, -0.2) is 0 Å². The molecule has 0 amide bonds. The van der Waals surface area contributed by atoms with Gasteiger partial charge in [-0.3, -0.25) is 4.68 Å². The first-order valence-electron chi connectivity index (χ1n) is 5.65. The number of aliphatic hydroxyl groups is 1. The SMILES string of the molecule is Cn1nccc1C1CCC(C)(C)CC1O. The van der Waals surface area contributed by atoms with Crippen molar-refractivity contribution in [2.75, 3.05) is 0 Å². The van der Waals surface area contributed by atoms with Crippen molar-refractivity contribution in [1.82, 2.24) is 9.78 Å². The molecule has 0 spiro atoms. The van der Waals surface area contributed by atoms with Crippen LogP contribution in [0.3, 0.4) is 0 Å². The van der Waals surface area contributed by atoms with E-state index >= 15 is 0 Å². The van der Waals surface area contributed by atoms with Crippen molar-refractivity contribution in [2.45, 2.75) is 45.1 Å². The number of aromatic nitrogens is 2. The average Bonchev–Trinajstić information content (AvgIpc) is 2.50. The van der Waals surface area contributed by atoms with Gasteiger partial charge in [0.1, 0.15) is 0 Å². The third-order valence-corrected chi connectivity index (χ3v) is 3.60. The second-order valence-corrected chi connectivity index (χ2v) is 5.46. The molecule has 1 aliphatic rings. The van der Waals surface area contributed by atoms with Gasteiger partial charge < -0.3 is 5.11 Å². The van der Waals surface area contributed by atoms with Crippen molar-refractivity contribution in [1.29, 1.82) is 0 Å². The van der Waals surface area contributed by atoms with Crippen molar-refractivity contribution in [3.63, 3.8) is 0 Å². The second-order valence-electron chi connectivity index (χ2n) is 5.46. The topological polar surface area (TPSA) is 38.0 Å². The van der Waals surface area contributed by atoms with E-state index in [0.29, 0.717) is 0 Å². The molecule has 3 heteroatoms. The molecule has 2 rings (SSSR count). The van der Waals surface area contributed by atoms with E-state index in [4.69, 9.17) is 0 Å². The van der Waals surface area contributed by atoms with Crippen LogP contribution in [-0.2, 0) is 7.05 Å². The minimum absolute atomic E-state index is 0.218. The van der Waals surface area contributed by atoms with Crippen molar-refractivity contribution < 1.29 is 5.11 Å². The van der Waals surface area contributed by atoms with Gasteiger partial charge in [0, 0.05) is 24.9 Å². The van der Waals surface area contributed by atoms with Gasteiger partial charge in [-0.05, 0) is 30.7 Å². The first-order chi connectivity index (χ1) is 6.99. The van der Waals surface area contributed by atoms with Gasteiger partial charge in [0.05, 0.1) is 6.10 Å². The van der Waals surface area contributed by atoms with Gasteiger partial charge in [0.25, 0.3) is 0 Å². The van der Waals surface area contributed by atoms with E-state index in [0.717, 1.165) is 18.5 Å². The Morgan fingerprint density at radius 2 is 2.27 bits per heavy atom. The second kappa shape index (κ2) is 3.63. The van der Waals surface area contributed by atoms with Crippen LogP contribution in [0.5, 0.6) is 0 Å². The molecule has 2 unspecified atom stereocenters. The summed E-state index contributed by atoms with van der Waals surface area (Å²) in [6, 6.07) is 2.02. The first-order valence-corrected chi connectivity index (χ1v) is 5.65. The predicted molar refractivity (Wildman–Crippen MR) is 59.6 cm³/mol. The van der Waals surface area contributed by atoms with Crippen molar-refractivity contribution in [3.8, 4) is 0 Å². The molecular weight excluding hydrogens is 188 g/mol. The zero-order valence-corrected chi connectivity index (χ0v) is 9.77. The van der Waals surface area contributed by atoms with Gasteiger partial charge >= 0.3 is 0 Å². The van der Waals surface area contributed by atoms with E-state index in [1.807, 2.05) is 24.0 Å². The lowest BCUT2D eigenvalue weighted by Gasteiger charge is -2.38. The quantitative estimate of drug-likeness (QED) is 0.767. The number of rotatable bonds is 1. The van der Waals surface area contributed by atoms with E-state index in [1.54, 1.807) is 0 Å². The molecule has 15 heavy (non-hydrogen) atoms. The molecule has 1 aromatic rings. The van der Waals surface area contributed by atoms with Gasteiger partial charge in [-0.2, -0.15) is 5.10 Å². The summed E-state index contributed by atoms with van der Waals surface area (Å²) in [6.07, 6.45) is 4.72. The lowest BCUT2D eigenvalue weighted by Crippen LogP contribution is -2.33. The first kappa shape index (κ1) is 10.7.